The number of amides is 2. The lowest BCUT2D eigenvalue weighted by molar-refractivity contribution is -0.148. The molecule has 0 saturated carbocycles. The van der Waals surface area contributed by atoms with Gasteiger partial charge in [-0.05, 0) is 19.8 Å². The molecule has 1 unspecified atom stereocenters. The average Bonchev–Trinajstić information content (AvgIpc) is 2.98. The number of alkyl carbamates (subject to hydrolysis) is 2. The maximum absolute atomic E-state index is 11.4. The van der Waals surface area contributed by atoms with Crippen molar-refractivity contribution in [3.05, 3.63) is 50.6 Å². The summed E-state index contributed by atoms with van der Waals surface area (Å²) in [6.45, 7) is 18.3. The minimum absolute atomic E-state index is 0.116. The molecule has 0 radical (unpaired) electrons. The molecule has 0 fully saturated rings. The molecule has 0 aromatic carbocycles. The van der Waals surface area contributed by atoms with Gasteiger partial charge >= 0.3 is 36.1 Å². The highest BCUT2D eigenvalue weighted by molar-refractivity contribution is 5.82. The molecule has 0 spiro atoms. The number of nitrogens with one attached hydrogen (secondary N) is 2. The van der Waals surface area contributed by atoms with Crippen LogP contribution in [0.3, 0.4) is 0 Å². The standard InChI is InChI=1S/C14H20N2O8.C13H20O4/c1-4-11(17)21-6-7-22-13(19)15-9-16-14(20)24-10(3)8-23-12(18)5-2;1-5-11(14)16-9-13(7-3,8-4)10-17-12(15)6-2/h4-5,10H,1-2,6-9H2,3H3,(H,15,19)(H,16,20);5-6H,1-2,7-10H2,3-4H3. The summed E-state index contributed by atoms with van der Waals surface area (Å²) >= 11 is 0. The first-order valence-electron chi connectivity index (χ1n) is 12.4. The highest BCUT2D eigenvalue weighted by atomic mass is 16.6. The van der Waals surface area contributed by atoms with Crippen LogP contribution in [0, 0.1) is 5.41 Å². The van der Waals surface area contributed by atoms with Crippen molar-refractivity contribution in [2.75, 3.05) is 39.7 Å². The first-order valence-corrected chi connectivity index (χ1v) is 12.4. The van der Waals surface area contributed by atoms with E-state index in [0.29, 0.717) is 0 Å². The molecular weight excluding hydrogens is 544 g/mol. The fourth-order valence-corrected chi connectivity index (χ4v) is 2.36. The second-order valence-electron chi connectivity index (χ2n) is 7.92. The highest BCUT2D eigenvalue weighted by Gasteiger charge is 2.29. The Morgan fingerprint density at radius 1 is 0.659 bits per heavy atom. The van der Waals surface area contributed by atoms with Gasteiger partial charge in [-0.1, -0.05) is 40.2 Å². The lowest BCUT2D eigenvalue weighted by Crippen LogP contribution is -2.39. The summed E-state index contributed by atoms with van der Waals surface area (Å²) in [7, 11) is 0. The Kier molecular flexibility index (Phi) is 21.9. The minimum Gasteiger partial charge on any atom is -0.462 e. The van der Waals surface area contributed by atoms with Gasteiger partial charge in [-0.2, -0.15) is 0 Å². The predicted molar refractivity (Wildman–Crippen MR) is 146 cm³/mol. The zero-order valence-electron chi connectivity index (χ0n) is 23.8. The van der Waals surface area contributed by atoms with Gasteiger partial charge in [0.1, 0.15) is 39.1 Å². The van der Waals surface area contributed by atoms with Gasteiger partial charge in [0.2, 0.25) is 0 Å². The van der Waals surface area contributed by atoms with Gasteiger partial charge in [-0.15, -0.1) is 0 Å². The Morgan fingerprint density at radius 3 is 1.54 bits per heavy atom. The fraction of sp³-hybridized carbons (Fsp3) is 0.481. The Labute approximate surface area is 239 Å². The zero-order chi connectivity index (χ0) is 31.7. The maximum Gasteiger partial charge on any atom is 0.408 e. The summed E-state index contributed by atoms with van der Waals surface area (Å²) in [5.41, 5.74) is -0.336. The van der Waals surface area contributed by atoms with Crippen molar-refractivity contribution in [2.24, 2.45) is 5.41 Å². The van der Waals surface area contributed by atoms with E-state index >= 15 is 0 Å². The molecule has 2 N–H and O–H groups in total. The summed E-state index contributed by atoms with van der Waals surface area (Å²) < 4.78 is 28.8. The summed E-state index contributed by atoms with van der Waals surface area (Å²) in [5, 5.41) is 4.45. The van der Waals surface area contributed by atoms with E-state index in [1.807, 2.05) is 13.8 Å². The summed E-state index contributed by atoms with van der Waals surface area (Å²) in [6.07, 6.45) is 3.37. The van der Waals surface area contributed by atoms with Crippen LogP contribution in [0.4, 0.5) is 9.59 Å². The van der Waals surface area contributed by atoms with E-state index < -0.39 is 42.2 Å². The van der Waals surface area contributed by atoms with Crippen molar-refractivity contribution in [1.29, 1.82) is 0 Å². The Morgan fingerprint density at radius 2 is 1.07 bits per heavy atom. The number of hydrogen-bond donors (Lipinski definition) is 2. The Hall–Kier alpha value is -4.62. The number of ether oxygens (including phenoxy) is 6. The van der Waals surface area contributed by atoms with Crippen LogP contribution < -0.4 is 10.6 Å². The van der Waals surface area contributed by atoms with E-state index in [2.05, 4.69) is 51.2 Å². The summed E-state index contributed by atoms with van der Waals surface area (Å²) in [5.74, 6) is -2.19. The molecule has 0 aliphatic carbocycles. The summed E-state index contributed by atoms with van der Waals surface area (Å²) in [4.78, 5) is 66.1. The fourth-order valence-electron chi connectivity index (χ4n) is 2.36. The van der Waals surface area contributed by atoms with Crippen LogP contribution in [0.2, 0.25) is 0 Å². The smallest absolute Gasteiger partial charge is 0.408 e. The van der Waals surface area contributed by atoms with E-state index in [1.165, 1.54) is 6.92 Å². The van der Waals surface area contributed by atoms with Crippen LogP contribution in [-0.2, 0) is 47.6 Å². The second kappa shape index (κ2) is 23.3. The van der Waals surface area contributed by atoms with Crippen LogP contribution in [0.5, 0.6) is 0 Å². The molecule has 0 heterocycles. The van der Waals surface area contributed by atoms with E-state index in [0.717, 1.165) is 37.1 Å². The van der Waals surface area contributed by atoms with E-state index in [1.54, 1.807) is 0 Å². The lowest BCUT2D eigenvalue weighted by Gasteiger charge is -2.29. The van der Waals surface area contributed by atoms with Crippen molar-refractivity contribution in [1.82, 2.24) is 10.6 Å². The molecule has 0 aromatic rings. The Bertz CT molecular complexity index is 886. The van der Waals surface area contributed by atoms with Gasteiger partial charge in [0.25, 0.3) is 0 Å². The highest BCUT2D eigenvalue weighted by Crippen LogP contribution is 2.27. The first kappa shape index (κ1) is 38.5. The van der Waals surface area contributed by atoms with Gasteiger partial charge in [0.15, 0.2) is 0 Å². The molecule has 0 rings (SSSR count). The third kappa shape index (κ3) is 20.9. The molecule has 14 heteroatoms. The van der Waals surface area contributed by atoms with Gasteiger partial charge in [-0.3, -0.25) is 0 Å². The van der Waals surface area contributed by atoms with Crippen LogP contribution in [0.15, 0.2) is 50.6 Å². The SMILES string of the molecule is C=CC(=O)OCC(CC)(CC)COC(=O)C=C.C=CC(=O)OCCOC(=O)NCNC(=O)OC(C)COC(=O)C=C. The van der Waals surface area contributed by atoms with Crippen LogP contribution in [-0.4, -0.2) is 81.9 Å². The molecule has 0 bridgehead atoms. The van der Waals surface area contributed by atoms with Crippen LogP contribution in [0.25, 0.3) is 0 Å². The van der Waals surface area contributed by atoms with Crippen LogP contribution in [0.1, 0.15) is 33.6 Å². The third-order valence-corrected chi connectivity index (χ3v) is 5.00. The van der Waals surface area contributed by atoms with Crippen molar-refractivity contribution in [3.63, 3.8) is 0 Å². The number of esters is 4. The minimum atomic E-state index is -0.822. The quantitative estimate of drug-likeness (QED) is 0.0791. The maximum atomic E-state index is 11.4. The van der Waals surface area contributed by atoms with Crippen molar-refractivity contribution in [3.8, 4) is 0 Å². The normalized spacial score (nSPS) is 10.5. The Balaban J connectivity index is 0. The third-order valence-electron chi connectivity index (χ3n) is 5.00. The van der Waals surface area contributed by atoms with Crippen LogP contribution >= 0.6 is 0 Å². The molecule has 14 nitrogen and oxygen atoms in total. The number of hydrogen-bond acceptors (Lipinski definition) is 12. The van der Waals surface area contributed by atoms with E-state index in [9.17, 15) is 28.8 Å². The largest absolute Gasteiger partial charge is 0.462 e. The predicted octanol–water partition coefficient (Wildman–Crippen LogP) is 2.49. The molecule has 0 aliphatic heterocycles. The average molecular weight is 585 g/mol. The second-order valence-corrected chi connectivity index (χ2v) is 7.92. The molecule has 2 amide bonds. The molecular formula is C27H40N2O12. The molecule has 1 atom stereocenters. The van der Waals surface area contributed by atoms with Crippen molar-refractivity contribution in [2.45, 2.75) is 39.7 Å². The number of carbonyl (C=O) groups is 6. The van der Waals surface area contributed by atoms with Crippen molar-refractivity contribution >= 4 is 36.1 Å². The monoisotopic (exact) mass is 584 g/mol. The molecule has 230 valence electrons. The zero-order valence-corrected chi connectivity index (χ0v) is 23.8. The van der Waals surface area contributed by atoms with Gasteiger partial charge in [0, 0.05) is 29.7 Å². The number of rotatable bonds is 18. The lowest BCUT2D eigenvalue weighted by atomic mass is 9.84. The summed E-state index contributed by atoms with van der Waals surface area (Å²) in [6, 6.07) is 0. The molecule has 0 aromatic heterocycles. The van der Waals surface area contributed by atoms with E-state index in [-0.39, 0.29) is 45.1 Å². The molecule has 0 aliphatic rings. The van der Waals surface area contributed by atoms with Gasteiger partial charge < -0.3 is 39.1 Å². The van der Waals surface area contributed by atoms with Gasteiger partial charge in [0.05, 0.1) is 6.67 Å². The van der Waals surface area contributed by atoms with Gasteiger partial charge in [-0.25, -0.2) is 28.8 Å². The molecule has 41 heavy (non-hydrogen) atoms. The molecule has 0 saturated heterocycles. The topological polar surface area (TPSA) is 182 Å². The number of carbonyl (C=O) groups excluding carboxylic acids is 6. The van der Waals surface area contributed by atoms with E-state index in [4.69, 9.17) is 14.2 Å². The van der Waals surface area contributed by atoms with Crippen molar-refractivity contribution < 1.29 is 57.2 Å². The first-order chi connectivity index (χ1) is 19.4.